The van der Waals surface area contributed by atoms with Crippen LogP contribution in [0.4, 0.5) is 0 Å². The molecule has 5 heteroatoms. The van der Waals surface area contributed by atoms with Crippen molar-refractivity contribution in [3.8, 4) is 0 Å². The van der Waals surface area contributed by atoms with Crippen molar-refractivity contribution in [1.29, 1.82) is 0 Å². The lowest BCUT2D eigenvalue weighted by Gasteiger charge is -2.32. The van der Waals surface area contributed by atoms with Crippen LogP contribution < -0.4 is 5.32 Å². The summed E-state index contributed by atoms with van der Waals surface area (Å²) in [4.78, 5) is 7.13. The second kappa shape index (κ2) is 5.27. The van der Waals surface area contributed by atoms with E-state index in [1.807, 2.05) is 16.6 Å². The van der Waals surface area contributed by atoms with Gasteiger partial charge in [-0.05, 0) is 26.0 Å². The van der Waals surface area contributed by atoms with Crippen molar-refractivity contribution in [3.63, 3.8) is 0 Å². The molecular weight excluding hydrogens is 238 g/mol. The number of pyridine rings is 1. The van der Waals surface area contributed by atoms with Crippen LogP contribution in [0.3, 0.4) is 0 Å². The third-order valence-electron chi connectivity index (χ3n) is 3.85. The lowest BCUT2D eigenvalue weighted by atomic mass is 10.2. The first kappa shape index (κ1) is 12.6. The number of piperazine rings is 1. The monoisotopic (exact) mass is 259 g/mol. The van der Waals surface area contributed by atoms with Crippen LogP contribution in [0.15, 0.2) is 18.2 Å². The molecule has 19 heavy (non-hydrogen) atoms. The summed E-state index contributed by atoms with van der Waals surface area (Å²) in [6.45, 7) is 8.74. The van der Waals surface area contributed by atoms with Gasteiger partial charge < -0.3 is 5.32 Å². The molecule has 1 unspecified atom stereocenters. The van der Waals surface area contributed by atoms with Crippen molar-refractivity contribution in [2.75, 3.05) is 26.2 Å². The van der Waals surface area contributed by atoms with E-state index in [0.717, 1.165) is 49.8 Å². The van der Waals surface area contributed by atoms with Gasteiger partial charge in [0.1, 0.15) is 0 Å². The number of hydrogen-bond acceptors (Lipinski definition) is 4. The molecule has 0 saturated carbocycles. The summed E-state index contributed by atoms with van der Waals surface area (Å²) in [6.07, 6.45) is 0.918. The van der Waals surface area contributed by atoms with E-state index in [2.05, 4.69) is 40.2 Å². The number of fused-ring (bicyclic) bond motifs is 1. The van der Waals surface area contributed by atoms with Crippen LogP contribution in [-0.2, 0) is 6.42 Å². The van der Waals surface area contributed by atoms with Crippen molar-refractivity contribution in [2.45, 2.75) is 26.3 Å². The fraction of sp³-hybridized carbons (Fsp3) is 0.571. The van der Waals surface area contributed by atoms with E-state index in [1.165, 1.54) is 0 Å². The lowest BCUT2D eigenvalue weighted by molar-refractivity contribution is 0.182. The summed E-state index contributed by atoms with van der Waals surface area (Å²) in [5, 5.41) is 8.00. The largest absolute Gasteiger partial charge is 0.314 e. The number of aryl methyl sites for hydroxylation is 1. The van der Waals surface area contributed by atoms with Gasteiger partial charge in [-0.25, -0.2) is 9.50 Å². The summed E-state index contributed by atoms with van der Waals surface area (Å²) in [5.41, 5.74) is 2.08. The Kier molecular flexibility index (Phi) is 3.48. The van der Waals surface area contributed by atoms with Crippen LogP contribution in [-0.4, -0.2) is 51.7 Å². The molecule has 0 bridgehead atoms. The highest BCUT2D eigenvalue weighted by molar-refractivity contribution is 5.38. The summed E-state index contributed by atoms with van der Waals surface area (Å²) in [5.74, 6) is 0.945. The van der Waals surface area contributed by atoms with Crippen molar-refractivity contribution in [1.82, 2.24) is 24.8 Å². The van der Waals surface area contributed by atoms with Gasteiger partial charge in [-0.3, -0.25) is 4.90 Å². The van der Waals surface area contributed by atoms with Gasteiger partial charge >= 0.3 is 0 Å². The Labute approximate surface area is 113 Å². The number of rotatable bonds is 3. The van der Waals surface area contributed by atoms with Gasteiger partial charge in [-0.2, -0.15) is 5.10 Å². The van der Waals surface area contributed by atoms with Crippen molar-refractivity contribution < 1.29 is 0 Å². The zero-order valence-corrected chi connectivity index (χ0v) is 11.6. The predicted molar refractivity (Wildman–Crippen MR) is 75.3 cm³/mol. The average Bonchev–Trinajstić information content (AvgIpc) is 2.84. The second-order valence-electron chi connectivity index (χ2n) is 5.30. The molecule has 0 amide bonds. The summed E-state index contributed by atoms with van der Waals surface area (Å²) in [7, 11) is 0. The number of aromatic nitrogens is 3. The number of hydrogen-bond donors (Lipinski definition) is 1. The van der Waals surface area contributed by atoms with E-state index in [0.29, 0.717) is 6.04 Å². The molecular formula is C14H21N5. The fourth-order valence-electron chi connectivity index (χ4n) is 2.68. The van der Waals surface area contributed by atoms with Crippen LogP contribution in [0.25, 0.3) is 5.65 Å². The average molecular weight is 259 g/mol. The molecule has 1 aliphatic rings. The standard InChI is InChI=1S/C14H21N5/c1-11-4-3-5-14-16-13(17-19(11)14)10-12(2)18-8-6-15-7-9-18/h3-5,12,15H,6-10H2,1-2H3. The molecule has 102 valence electrons. The summed E-state index contributed by atoms with van der Waals surface area (Å²) in [6, 6.07) is 6.60. The smallest absolute Gasteiger partial charge is 0.155 e. The zero-order valence-electron chi connectivity index (χ0n) is 11.6. The fourth-order valence-corrected chi connectivity index (χ4v) is 2.68. The highest BCUT2D eigenvalue weighted by Gasteiger charge is 2.18. The van der Waals surface area contributed by atoms with E-state index in [9.17, 15) is 0 Å². The van der Waals surface area contributed by atoms with Crippen molar-refractivity contribution in [3.05, 3.63) is 29.7 Å². The molecule has 1 saturated heterocycles. The molecule has 0 radical (unpaired) electrons. The van der Waals surface area contributed by atoms with Crippen LogP contribution in [0.1, 0.15) is 18.4 Å². The van der Waals surface area contributed by atoms with Crippen LogP contribution in [0, 0.1) is 6.92 Å². The van der Waals surface area contributed by atoms with Gasteiger partial charge in [0.05, 0.1) is 0 Å². The van der Waals surface area contributed by atoms with E-state index < -0.39 is 0 Å². The van der Waals surface area contributed by atoms with E-state index in [1.54, 1.807) is 0 Å². The van der Waals surface area contributed by atoms with Gasteiger partial charge in [-0.1, -0.05) is 6.07 Å². The van der Waals surface area contributed by atoms with Gasteiger partial charge in [0.25, 0.3) is 0 Å². The maximum absolute atomic E-state index is 4.62. The third-order valence-corrected chi connectivity index (χ3v) is 3.85. The molecule has 1 N–H and O–H groups in total. The van der Waals surface area contributed by atoms with Gasteiger partial charge in [0.2, 0.25) is 0 Å². The molecule has 2 aromatic rings. The Morgan fingerprint density at radius 3 is 2.84 bits per heavy atom. The summed E-state index contributed by atoms with van der Waals surface area (Å²) < 4.78 is 1.93. The molecule has 0 aliphatic carbocycles. The molecule has 3 heterocycles. The second-order valence-corrected chi connectivity index (χ2v) is 5.30. The SMILES string of the molecule is Cc1cccc2nc(CC(C)N3CCNCC3)nn12. The Balaban J connectivity index is 1.75. The van der Waals surface area contributed by atoms with Crippen molar-refractivity contribution in [2.24, 2.45) is 0 Å². The van der Waals surface area contributed by atoms with Crippen LogP contribution in [0.5, 0.6) is 0 Å². The first-order valence-corrected chi connectivity index (χ1v) is 7.00. The Hall–Kier alpha value is -1.46. The van der Waals surface area contributed by atoms with Crippen LogP contribution in [0.2, 0.25) is 0 Å². The molecule has 3 rings (SSSR count). The Morgan fingerprint density at radius 1 is 1.32 bits per heavy atom. The molecule has 0 aromatic carbocycles. The zero-order chi connectivity index (χ0) is 13.2. The topological polar surface area (TPSA) is 45.5 Å². The summed E-state index contributed by atoms with van der Waals surface area (Å²) >= 11 is 0. The molecule has 1 aliphatic heterocycles. The molecule has 0 spiro atoms. The molecule has 1 fully saturated rings. The normalized spacial score (nSPS) is 18.8. The minimum Gasteiger partial charge on any atom is -0.314 e. The molecule has 2 aromatic heterocycles. The van der Waals surface area contributed by atoms with E-state index >= 15 is 0 Å². The van der Waals surface area contributed by atoms with E-state index in [4.69, 9.17) is 0 Å². The first-order valence-electron chi connectivity index (χ1n) is 7.00. The van der Waals surface area contributed by atoms with Crippen molar-refractivity contribution >= 4 is 5.65 Å². The Bertz CT molecular complexity index is 556. The van der Waals surface area contributed by atoms with Gasteiger partial charge in [0.15, 0.2) is 11.5 Å². The maximum atomic E-state index is 4.62. The number of nitrogens with zero attached hydrogens (tertiary/aromatic N) is 4. The maximum Gasteiger partial charge on any atom is 0.155 e. The van der Waals surface area contributed by atoms with Gasteiger partial charge in [0, 0.05) is 44.3 Å². The first-order chi connectivity index (χ1) is 9.24. The molecule has 5 nitrogen and oxygen atoms in total. The quantitative estimate of drug-likeness (QED) is 0.888. The molecule has 1 atom stereocenters. The minimum atomic E-state index is 0.500. The third kappa shape index (κ3) is 2.62. The Morgan fingerprint density at radius 2 is 2.11 bits per heavy atom. The highest BCUT2D eigenvalue weighted by atomic mass is 15.3. The number of nitrogens with one attached hydrogen (secondary N) is 1. The highest BCUT2D eigenvalue weighted by Crippen LogP contribution is 2.10. The predicted octanol–water partition coefficient (Wildman–Crippen LogP) is 0.874. The van der Waals surface area contributed by atoms with E-state index in [-0.39, 0.29) is 0 Å². The van der Waals surface area contributed by atoms with Gasteiger partial charge in [-0.15, -0.1) is 0 Å². The van der Waals surface area contributed by atoms with Crippen LogP contribution >= 0.6 is 0 Å². The lowest BCUT2D eigenvalue weighted by Crippen LogP contribution is -2.48. The minimum absolute atomic E-state index is 0.500.